The minimum absolute atomic E-state index is 0.0568. The molecule has 2 rings (SSSR count). The Morgan fingerprint density at radius 1 is 1.20 bits per heavy atom. The molecule has 6 heteroatoms. The molecule has 0 aromatic heterocycles. The summed E-state index contributed by atoms with van der Waals surface area (Å²) < 4.78 is 26.4. The predicted molar refractivity (Wildman–Crippen MR) is 76.1 cm³/mol. The van der Waals surface area contributed by atoms with Crippen LogP contribution in [-0.2, 0) is 20.6 Å². The second-order valence-electron chi connectivity index (χ2n) is 4.90. The van der Waals surface area contributed by atoms with Gasteiger partial charge in [0.25, 0.3) is 0 Å². The summed E-state index contributed by atoms with van der Waals surface area (Å²) in [5, 5.41) is 0. The Labute approximate surface area is 119 Å². The molecule has 1 heterocycles. The van der Waals surface area contributed by atoms with E-state index in [4.69, 9.17) is 0 Å². The van der Waals surface area contributed by atoms with Gasteiger partial charge in [0.1, 0.15) is 6.17 Å². The lowest BCUT2D eigenvalue weighted by Crippen LogP contribution is -2.39. The number of sulfonamides is 1. The number of aliphatic imine (C=N–C) groups is 1. The van der Waals surface area contributed by atoms with E-state index >= 15 is 0 Å². The molecule has 1 saturated heterocycles. The lowest BCUT2D eigenvalue weighted by atomic mass is 10.2. The Hall–Kier alpha value is -1.49. The summed E-state index contributed by atoms with van der Waals surface area (Å²) in [4.78, 5) is 14.2. The number of benzene rings is 1. The van der Waals surface area contributed by atoms with E-state index in [2.05, 4.69) is 4.99 Å². The van der Waals surface area contributed by atoms with E-state index in [1.165, 1.54) is 10.4 Å². The van der Waals surface area contributed by atoms with Crippen LogP contribution in [0.3, 0.4) is 0 Å². The summed E-state index contributed by atoms with van der Waals surface area (Å²) in [5.74, 6) is -0.0568. The van der Waals surface area contributed by atoms with Crippen molar-refractivity contribution in [2.75, 3.05) is 6.54 Å². The summed E-state index contributed by atoms with van der Waals surface area (Å²) in [6.07, 6.45) is 4.14. The van der Waals surface area contributed by atoms with Crippen molar-refractivity contribution < 1.29 is 13.2 Å². The van der Waals surface area contributed by atoms with Crippen LogP contribution >= 0.6 is 0 Å². The van der Waals surface area contributed by atoms with Gasteiger partial charge in [-0.1, -0.05) is 36.8 Å². The molecular weight excluding hydrogens is 276 g/mol. The first kappa shape index (κ1) is 14.9. The first-order chi connectivity index (χ1) is 9.63. The average Bonchev–Trinajstić information content (AvgIpc) is 2.66. The van der Waals surface area contributed by atoms with Crippen LogP contribution in [0.2, 0.25) is 0 Å². The number of nitrogens with zero attached hydrogens (tertiary/aromatic N) is 2. The van der Waals surface area contributed by atoms with Gasteiger partial charge in [-0.15, -0.1) is 0 Å². The molecule has 1 unspecified atom stereocenters. The minimum atomic E-state index is -3.47. The van der Waals surface area contributed by atoms with E-state index in [-0.39, 0.29) is 5.75 Å². The lowest BCUT2D eigenvalue weighted by molar-refractivity contribution is 0.330. The Morgan fingerprint density at radius 3 is 2.65 bits per heavy atom. The second kappa shape index (κ2) is 6.79. The van der Waals surface area contributed by atoms with Gasteiger partial charge in [-0.05, 0) is 24.8 Å². The zero-order valence-electron chi connectivity index (χ0n) is 11.2. The standard InChI is InChI=1S/C14H18N2O3S/c17-12-15-14-9-5-2-6-10-16(14)20(18,19)11-13-7-3-1-4-8-13/h1,3-4,7-8,14H,2,5-6,9-11H2. The maximum absolute atomic E-state index is 12.5. The minimum Gasteiger partial charge on any atom is -0.212 e. The van der Waals surface area contributed by atoms with Gasteiger partial charge in [0.05, 0.1) is 5.75 Å². The fourth-order valence-corrected chi connectivity index (χ4v) is 4.16. The van der Waals surface area contributed by atoms with Gasteiger partial charge in [0.15, 0.2) is 0 Å². The van der Waals surface area contributed by atoms with Crippen molar-refractivity contribution in [2.24, 2.45) is 4.99 Å². The van der Waals surface area contributed by atoms with E-state index in [1.807, 2.05) is 18.2 Å². The smallest absolute Gasteiger partial charge is 0.212 e. The molecule has 0 amide bonds. The topological polar surface area (TPSA) is 66.8 Å². The molecule has 1 atom stereocenters. The summed E-state index contributed by atoms with van der Waals surface area (Å²) in [6, 6.07) is 9.05. The van der Waals surface area contributed by atoms with E-state index in [0.717, 1.165) is 24.8 Å². The Kier molecular flexibility index (Phi) is 5.06. The van der Waals surface area contributed by atoms with Crippen LogP contribution in [0.15, 0.2) is 35.3 Å². The molecular formula is C14H18N2O3S. The fourth-order valence-electron chi connectivity index (χ4n) is 2.45. The molecule has 1 aliphatic rings. The van der Waals surface area contributed by atoms with Gasteiger partial charge in [0, 0.05) is 6.54 Å². The third-order valence-corrected chi connectivity index (χ3v) is 5.26. The van der Waals surface area contributed by atoms with Gasteiger partial charge >= 0.3 is 0 Å². The number of hydrogen-bond donors (Lipinski definition) is 0. The van der Waals surface area contributed by atoms with Crippen LogP contribution in [-0.4, -0.2) is 31.5 Å². The highest BCUT2D eigenvalue weighted by atomic mass is 32.2. The van der Waals surface area contributed by atoms with Crippen molar-refractivity contribution in [3.63, 3.8) is 0 Å². The highest BCUT2D eigenvalue weighted by molar-refractivity contribution is 7.88. The molecule has 20 heavy (non-hydrogen) atoms. The van der Waals surface area contributed by atoms with Crippen molar-refractivity contribution in [3.05, 3.63) is 35.9 Å². The molecule has 0 radical (unpaired) electrons. The molecule has 0 saturated carbocycles. The van der Waals surface area contributed by atoms with Crippen LogP contribution in [0.5, 0.6) is 0 Å². The number of isocyanates is 1. The van der Waals surface area contributed by atoms with Crippen LogP contribution in [0, 0.1) is 0 Å². The Bertz CT molecular complexity index is 580. The zero-order chi connectivity index (χ0) is 14.4. The fraction of sp³-hybridized carbons (Fsp3) is 0.500. The first-order valence-electron chi connectivity index (χ1n) is 6.74. The monoisotopic (exact) mass is 294 g/mol. The van der Waals surface area contributed by atoms with Gasteiger partial charge < -0.3 is 0 Å². The van der Waals surface area contributed by atoms with Gasteiger partial charge in [-0.3, -0.25) is 0 Å². The van der Waals surface area contributed by atoms with Crippen LogP contribution in [0.25, 0.3) is 0 Å². The highest BCUT2D eigenvalue weighted by Gasteiger charge is 2.31. The number of hydrogen-bond acceptors (Lipinski definition) is 4. The zero-order valence-corrected chi connectivity index (χ0v) is 12.1. The summed E-state index contributed by atoms with van der Waals surface area (Å²) in [5.41, 5.74) is 0.741. The largest absolute Gasteiger partial charge is 0.236 e. The average molecular weight is 294 g/mol. The molecule has 0 aliphatic carbocycles. The molecule has 1 aromatic rings. The van der Waals surface area contributed by atoms with Gasteiger partial charge in [-0.25, -0.2) is 13.2 Å². The van der Waals surface area contributed by atoms with E-state index in [0.29, 0.717) is 13.0 Å². The first-order valence-corrected chi connectivity index (χ1v) is 8.35. The van der Waals surface area contributed by atoms with Crippen LogP contribution < -0.4 is 0 Å². The number of rotatable bonds is 4. The summed E-state index contributed by atoms with van der Waals surface area (Å²) in [7, 11) is -3.47. The van der Waals surface area contributed by atoms with E-state index < -0.39 is 16.2 Å². The summed E-state index contributed by atoms with van der Waals surface area (Å²) >= 11 is 0. The molecule has 1 aliphatic heterocycles. The third kappa shape index (κ3) is 3.76. The third-order valence-electron chi connectivity index (χ3n) is 3.42. The predicted octanol–water partition coefficient (Wildman–Crippen LogP) is 2.05. The Morgan fingerprint density at radius 2 is 1.95 bits per heavy atom. The van der Waals surface area contributed by atoms with Crippen LogP contribution in [0.1, 0.15) is 31.2 Å². The normalized spacial score (nSPS) is 20.9. The molecule has 0 bridgehead atoms. The molecule has 1 aromatic carbocycles. The van der Waals surface area contributed by atoms with Crippen molar-refractivity contribution in [1.82, 2.24) is 4.31 Å². The van der Waals surface area contributed by atoms with Crippen LogP contribution in [0.4, 0.5) is 0 Å². The highest BCUT2D eigenvalue weighted by Crippen LogP contribution is 2.22. The molecule has 0 spiro atoms. The van der Waals surface area contributed by atoms with Crippen molar-refractivity contribution in [1.29, 1.82) is 0 Å². The van der Waals surface area contributed by atoms with Gasteiger partial charge in [-0.2, -0.15) is 9.30 Å². The molecule has 108 valence electrons. The quantitative estimate of drug-likeness (QED) is 0.630. The molecule has 5 nitrogen and oxygen atoms in total. The second-order valence-corrected chi connectivity index (χ2v) is 6.82. The molecule has 0 N–H and O–H groups in total. The van der Waals surface area contributed by atoms with Crippen molar-refractivity contribution in [3.8, 4) is 0 Å². The SMILES string of the molecule is O=C=NC1CCCCCN1S(=O)(=O)Cc1ccccc1. The lowest BCUT2D eigenvalue weighted by Gasteiger charge is -2.25. The Balaban J connectivity index is 2.23. The maximum atomic E-state index is 12.5. The number of carbonyl (C=O) groups excluding carboxylic acids is 1. The van der Waals surface area contributed by atoms with E-state index in [9.17, 15) is 13.2 Å². The van der Waals surface area contributed by atoms with E-state index in [1.54, 1.807) is 12.1 Å². The van der Waals surface area contributed by atoms with Crippen molar-refractivity contribution >= 4 is 16.1 Å². The van der Waals surface area contributed by atoms with Crippen molar-refractivity contribution in [2.45, 2.75) is 37.6 Å². The molecule has 1 fully saturated rings. The maximum Gasteiger partial charge on any atom is 0.236 e. The van der Waals surface area contributed by atoms with Gasteiger partial charge in [0.2, 0.25) is 16.1 Å². The summed E-state index contributed by atoms with van der Waals surface area (Å²) in [6.45, 7) is 0.422.